The van der Waals surface area contributed by atoms with Gasteiger partial charge in [0.2, 0.25) is 5.91 Å². The van der Waals surface area contributed by atoms with Crippen LogP contribution in [-0.2, 0) is 52.2 Å². The summed E-state index contributed by atoms with van der Waals surface area (Å²) < 4.78 is 70.4. The van der Waals surface area contributed by atoms with Crippen LogP contribution in [0, 0.1) is 29.5 Å². The number of rotatable bonds is 18. The Labute approximate surface area is 483 Å². The molecule has 20 atom stereocenters. The average Bonchev–Trinajstić information content (AvgIpc) is 3.98. The summed E-state index contributed by atoms with van der Waals surface area (Å²) in [7, 11) is 5.18. The molecule has 0 aliphatic carbocycles. The van der Waals surface area contributed by atoms with Crippen molar-refractivity contribution >= 4 is 35.4 Å². The summed E-state index contributed by atoms with van der Waals surface area (Å²) >= 11 is 0. The van der Waals surface area contributed by atoms with Crippen LogP contribution in [0.15, 0.2) is 18.2 Å². The number of nitrogens with two attached hydrogens (primary N) is 1. The highest BCUT2D eigenvalue weighted by Crippen LogP contribution is 2.42. The number of unbranched alkanes of at least 4 members (excludes halogenated alkanes) is 2. The van der Waals surface area contributed by atoms with Gasteiger partial charge in [0.05, 0.1) is 79.7 Å². The number of amides is 3. The number of hydrogen-bond acceptors (Lipinski definition) is 20. The zero-order chi connectivity index (χ0) is 60.6. The van der Waals surface area contributed by atoms with Gasteiger partial charge in [-0.3, -0.25) is 14.5 Å². The lowest BCUT2D eigenvalue weighted by Gasteiger charge is -2.49. The number of likely N-dealkylation sites (N-methyl/N-ethyl adjacent to an activating group) is 1. The SMILES string of the molecule is CC[C@H]1OC(=O)[C@H](C)[C@@H](OC2CC(C)(OC)C(OC(=O)NCCCCCC(=O)NC[C@H]3CN(c4ccc(N5CCOCC5)c(F)c4)C(=O)O3)C(C)O2)[C@H](C)[C@@H](OC2OC(C)CC(N(C)C)C2O)[C@](C)(O)C[C@@H](C)[C@H](N)[C@H](C)[C@@H](O)[C@]1(C)O. The molecule has 5 fully saturated rings. The Hall–Kier alpha value is -4.05. The minimum Gasteiger partial charge on any atom is -0.459 e. The molecule has 8 N–H and O–H groups in total. The number of nitrogens with one attached hydrogen (secondary N) is 2. The van der Waals surface area contributed by atoms with Crippen molar-refractivity contribution in [2.45, 2.75) is 217 Å². The monoisotopic (exact) mass is 1170 g/mol. The third-order valence-corrected chi connectivity index (χ3v) is 17.7. The van der Waals surface area contributed by atoms with Gasteiger partial charge in [0.25, 0.3) is 0 Å². The second-order valence-corrected chi connectivity index (χ2v) is 24.6. The number of carbonyl (C=O) groups excluding carboxylic acids is 4. The molecular weight excluding hydrogens is 1070 g/mol. The van der Waals surface area contributed by atoms with Gasteiger partial charge in [-0.05, 0) is 112 Å². The van der Waals surface area contributed by atoms with Crippen molar-refractivity contribution in [1.82, 2.24) is 15.5 Å². The Morgan fingerprint density at radius 1 is 0.915 bits per heavy atom. The van der Waals surface area contributed by atoms with Gasteiger partial charge in [-0.1, -0.05) is 34.1 Å². The second-order valence-electron chi connectivity index (χ2n) is 24.6. The molecule has 5 heterocycles. The first kappa shape index (κ1) is 67.1. The number of benzene rings is 1. The summed E-state index contributed by atoms with van der Waals surface area (Å²) in [5, 5.41) is 53.6. The first-order valence-corrected chi connectivity index (χ1v) is 29.4. The Kier molecular flexibility index (Phi) is 23.6. The zero-order valence-electron chi connectivity index (χ0n) is 50.5. The lowest BCUT2D eigenvalue weighted by atomic mass is 9.72. The molecule has 3 amide bonds. The number of methoxy groups -OCH3 is 1. The molecule has 1 aromatic carbocycles. The number of halogens is 1. The van der Waals surface area contributed by atoms with Gasteiger partial charge in [0, 0.05) is 63.5 Å². The fourth-order valence-electron chi connectivity index (χ4n) is 12.7. The Balaban J connectivity index is 1.06. The number of aliphatic hydroxyl groups is 4. The smallest absolute Gasteiger partial charge is 0.414 e. The van der Waals surface area contributed by atoms with Crippen LogP contribution in [0.1, 0.15) is 121 Å². The Bertz CT molecular complexity index is 2260. The minimum absolute atomic E-state index is 0.000435. The fraction of sp³-hybridized carbons (Fsp3) is 0.828. The molecule has 0 aromatic heterocycles. The number of carbonyl (C=O) groups is 4. The van der Waals surface area contributed by atoms with E-state index >= 15 is 4.39 Å². The number of alkyl carbamates (subject to hydrolysis) is 1. The summed E-state index contributed by atoms with van der Waals surface area (Å²) in [6, 6.07) is 3.53. The van der Waals surface area contributed by atoms with E-state index in [1.807, 2.05) is 37.7 Å². The van der Waals surface area contributed by atoms with E-state index in [1.54, 1.807) is 60.6 Å². The van der Waals surface area contributed by atoms with Gasteiger partial charge < -0.3 is 89.2 Å². The van der Waals surface area contributed by atoms with Crippen molar-refractivity contribution in [2.75, 3.05) is 76.9 Å². The van der Waals surface area contributed by atoms with Crippen LogP contribution < -0.4 is 26.2 Å². The van der Waals surface area contributed by atoms with Crippen molar-refractivity contribution in [3.63, 3.8) is 0 Å². The molecule has 5 saturated heterocycles. The first-order valence-electron chi connectivity index (χ1n) is 29.4. The van der Waals surface area contributed by atoms with E-state index in [1.165, 1.54) is 25.0 Å². The van der Waals surface area contributed by atoms with E-state index in [0.29, 0.717) is 63.4 Å². The first-order chi connectivity index (χ1) is 38.5. The number of esters is 1. The van der Waals surface area contributed by atoms with Crippen LogP contribution >= 0.6 is 0 Å². The number of anilines is 2. The zero-order valence-corrected chi connectivity index (χ0v) is 50.5. The van der Waals surface area contributed by atoms with Gasteiger partial charge in [-0.15, -0.1) is 0 Å². The maximum absolute atomic E-state index is 15.1. The Morgan fingerprint density at radius 3 is 2.26 bits per heavy atom. The van der Waals surface area contributed by atoms with E-state index in [-0.39, 0.29) is 63.4 Å². The lowest BCUT2D eigenvalue weighted by molar-refractivity contribution is -0.318. The summed E-state index contributed by atoms with van der Waals surface area (Å²) in [5.41, 5.74) is 2.76. The van der Waals surface area contributed by atoms with Crippen LogP contribution in [0.25, 0.3) is 0 Å². The van der Waals surface area contributed by atoms with Gasteiger partial charge >= 0.3 is 18.2 Å². The third kappa shape index (κ3) is 16.3. The maximum atomic E-state index is 15.1. The van der Waals surface area contributed by atoms with E-state index < -0.39 is 132 Å². The molecule has 6 rings (SSSR count). The third-order valence-electron chi connectivity index (χ3n) is 17.7. The minimum atomic E-state index is -1.93. The van der Waals surface area contributed by atoms with Crippen LogP contribution in [0.2, 0.25) is 0 Å². The second kappa shape index (κ2) is 28.9. The highest BCUT2D eigenvalue weighted by Gasteiger charge is 2.54. The molecule has 82 heavy (non-hydrogen) atoms. The van der Waals surface area contributed by atoms with E-state index in [2.05, 4.69) is 10.6 Å². The summed E-state index contributed by atoms with van der Waals surface area (Å²) in [4.78, 5) is 58.5. The molecule has 1 aromatic rings. The van der Waals surface area contributed by atoms with Crippen LogP contribution in [0.3, 0.4) is 0 Å². The highest BCUT2D eigenvalue weighted by molar-refractivity contribution is 5.90. The predicted octanol–water partition coefficient (Wildman–Crippen LogP) is 3.96. The molecule has 0 spiro atoms. The number of ether oxygens (including phenoxy) is 9. The topological polar surface area (TPSA) is 292 Å². The van der Waals surface area contributed by atoms with Gasteiger partial charge in [-0.2, -0.15) is 0 Å². The Morgan fingerprint density at radius 2 is 1.61 bits per heavy atom. The lowest BCUT2D eigenvalue weighted by Crippen LogP contribution is -2.62. The molecule has 24 heteroatoms. The molecule has 5 aliphatic rings. The van der Waals surface area contributed by atoms with Crippen molar-refractivity contribution in [3.8, 4) is 0 Å². The van der Waals surface area contributed by atoms with Crippen molar-refractivity contribution in [2.24, 2.45) is 29.4 Å². The number of hydrogen-bond donors (Lipinski definition) is 7. The van der Waals surface area contributed by atoms with Crippen molar-refractivity contribution in [3.05, 3.63) is 24.0 Å². The normalized spacial score (nSPS) is 39.0. The van der Waals surface area contributed by atoms with Gasteiger partial charge in [-0.25, -0.2) is 14.0 Å². The molecule has 0 bridgehead atoms. The van der Waals surface area contributed by atoms with Crippen LogP contribution in [0.4, 0.5) is 25.4 Å². The summed E-state index contributed by atoms with van der Waals surface area (Å²) in [6.45, 7) is 19.6. The van der Waals surface area contributed by atoms with Gasteiger partial charge in [0.15, 0.2) is 18.7 Å². The van der Waals surface area contributed by atoms with Crippen LogP contribution in [0.5, 0.6) is 0 Å². The molecule has 0 saturated carbocycles. The molecule has 8 unspecified atom stereocenters. The fourth-order valence-corrected chi connectivity index (χ4v) is 12.7. The molecule has 23 nitrogen and oxygen atoms in total. The molecule has 468 valence electrons. The predicted molar refractivity (Wildman–Crippen MR) is 300 cm³/mol. The quantitative estimate of drug-likeness (QED) is 0.0622. The van der Waals surface area contributed by atoms with E-state index in [4.69, 9.17) is 48.4 Å². The average molecular weight is 1170 g/mol. The van der Waals surface area contributed by atoms with E-state index in [9.17, 15) is 39.6 Å². The highest BCUT2D eigenvalue weighted by atomic mass is 19.1. The molecule has 0 radical (unpaired) electrons. The number of morpholine rings is 1. The largest absolute Gasteiger partial charge is 0.459 e. The number of nitrogens with zero attached hydrogens (tertiary/aromatic N) is 3. The summed E-state index contributed by atoms with van der Waals surface area (Å²) in [6.07, 6.45) is -9.91. The maximum Gasteiger partial charge on any atom is 0.414 e. The molecule has 5 aliphatic heterocycles. The van der Waals surface area contributed by atoms with E-state index in [0.717, 1.165) is 0 Å². The number of cyclic esters (lactones) is 2. The molecular formula is C58H97FN6O17. The standard InChI is InChI=1S/C58H97FN6O17/c1-14-43-58(10,73)49(68)34(4)46(60)32(2)28-56(8,72)50(81-53-47(67)42(63(11)12)26-33(3)76-53)35(5)48(36(6)52(69)79-43)80-45-29-57(9,74-13)51(37(7)77-45)82-54(70)61-21-17-15-16-18-44(66)62-30-39-31-65(55(71)78-39)38-19-20-41(40(59)27-38)64-22-24-75-25-23-64/h19-20,27,32-37,39,42-43,45-51,53,67-68,72-73H,14-18,21-26,28-31,60H2,1-13H3,(H,61,70)(H,62,66)/t32-,33?,34+,35+,36-,37?,39+,42?,43-,45?,46+,47?,48+,49-,50-,51?,53?,56-,57?,58-/m1/s1. The van der Waals surface area contributed by atoms with Crippen molar-refractivity contribution < 1.29 is 86.6 Å². The van der Waals surface area contributed by atoms with Crippen LogP contribution in [-0.4, -0.2) is 213 Å². The van der Waals surface area contributed by atoms with Gasteiger partial charge in [0.1, 0.15) is 35.3 Å². The summed E-state index contributed by atoms with van der Waals surface area (Å²) in [5.74, 6) is -4.64. The number of aliphatic hydroxyl groups excluding tert-OH is 2. The van der Waals surface area contributed by atoms with Crippen molar-refractivity contribution in [1.29, 1.82) is 0 Å².